The van der Waals surface area contributed by atoms with E-state index in [0.717, 1.165) is 23.2 Å². The summed E-state index contributed by atoms with van der Waals surface area (Å²) in [6, 6.07) is 17.1. The predicted molar refractivity (Wildman–Crippen MR) is 87.1 cm³/mol. The van der Waals surface area contributed by atoms with E-state index in [-0.39, 0.29) is 0 Å². The molecule has 0 spiro atoms. The lowest BCUT2D eigenvalue weighted by atomic mass is 10.1. The lowest BCUT2D eigenvalue weighted by molar-refractivity contribution is 0.414. The third-order valence-electron chi connectivity index (χ3n) is 3.27. The molecule has 0 aliphatic carbocycles. The molecule has 0 fully saturated rings. The van der Waals surface area contributed by atoms with E-state index < -0.39 is 0 Å². The van der Waals surface area contributed by atoms with Crippen molar-refractivity contribution in [2.45, 2.75) is 25.9 Å². The first-order valence-corrected chi connectivity index (χ1v) is 7.57. The Labute approximate surface area is 129 Å². The van der Waals surface area contributed by atoms with Gasteiger partial charge >= 0.3 is 0 Å². The van der Waals surface area contributed by atoms with Crippen LogP contribution in [0.25, 0.3) is 0 Å². The van der Waals surface area contributed by atoms with Crippen LogP contribution in [0.1, 0.15) is 18.1 Å². The minimum absolute atomic E-state index is 0.443. The predicted octanol–water partition coefficient (Wildman–Crippen LogP) is 4.18. The van der Waals surface area contributed by atoms with Crippen LogP contribution in [-0.4, -0.2) is 13.2 Å². The van der Waals surface area contributed by atoms with Crippen LogP contribution in [0, 0.1) is 0 Å². The van der Waals surface area contributed by atoms with Crippen LogP contribution in [0.2, 0.25) is 0 Å². The minimum Gasteiger partial charge on any atom is -0.497 e. The highest BCUT2D eigenvalue weighted by atomic mass is 79.9. The molecule has 2 nitrogen and oxygen atoms in total. The Hall–Kier alpha value is -1.32. The fraction of sp³-hybridized carbons (Fsp3) is 0.294. The SMILES string of the molecule is COc1ccc(CNC(C)Cc2ccc(Br)cc2)cc1. The zero-order valence-corrected chi connectivity index (χ0v) is 13.5. The summed E-state index contributed by atoms with van der Waals surface area (Å²) in [7, 11) is 1.69. The van der Waals surface area contributed by atoms with Gasteiger partial charge in [-0.3, -0.25) is 0 Å². The number of nitrogens with one attached hydrogen (secondary N) is 1. The summed E-state index contributed by atoms with van der Waals surface area (Å²) in [5.41, 5.74) is 2.62. The molecule has 0 aliphatic heterocycles. The molecule has 0 bridgehead atoms. The largest absolute Gasteiger partial charge is 0.497 e. The Morgan fingerprint density at radius 1 is 1.00 bits per heavy atom. The monoisotopic (exact) mass is 333 g/mol. The van der Waals surface area contributed by atoms with Crippen molar-refractivity contribution in [1.29, 1.82) is 0 Å². The molecule has 106 valence electrons. The van der Waals surface area contributed by atoms with E-state index >= 15 is 0 Å². The highest BCUT2D eigenvalue weighted by Gasteiger charge is 2.03. The van der Waals surface area contributed by atoms with Gasteiger partial charge in [0.2, 0.25) is 0 Å². The van der Waals surface area contributed by atoms with Crippen molar-refractivity contribution < 1.29 is 4.74 Å². The van der Waals surface area contributed by atoms with Gasteiger partial charge in [0.05, 0.1) is 7.11 Å². The van der Waals surface area contributed by atoms with Gasteiger partial charge in [0.25, 0.3) is 0 Å². The second-order valence-corrected chi connectivity index (χ2v) is 5.88. The summed E-state index contributed by atoms with van der Waals surface area (Å²) in [5, 5.41) is 3.55. The molecule has 2 rings (SSSR count). The number of ether oxygens (including phenoxy) is 1. The summed E-state index contributed by atoms with van der Waals surface area (Å²) < 4.78 is 6.28. The number of hydrogen-bond donors (Lipinski definition) is 1. The Balaban J connectivity index is 1.82. The van der Waals surface area contributed by atoms with E-state index in [1.807, 2.05) is 12.1 Å². The van der Waals surface area contributed by atoms with Gasteiger partial charge in [-0.05, 0) is 48.7 Å². The molecule has 0 radical (unpaired) electrons. The van der Waals surface area contributed by atoms with Crippen molar-refractivity contribution in [3.05, 3.63) is 64.1 Å². The molecule has 1 N–H and O–H groups in total. The van der Waals surface area contributed by atoms with Gasteiger partial charge in [-0.1, -0.05) is 40.2 Å². The van der Waals surface area contributed by atoms with E-state index in [0.29, 0.717) is 6.04 Å². The molecule has 2 aromatic carbocycles. The Kier molecular flexibility index (Phi) is 5.62. The van der Waals surface area contributed by atoms with Crippen LogP contribution in [0.15, 0.2) is 53.0 Å². The highest BCUT2D eigenvalue weighted by molar-refractivity contribution is 9.10. The second kappa shape index (κ2) is 7.46. The van der Waals surface area contributed by atoms with Crippen molar-refractivity contribution in [2.24, 2.45) is 0 Å². The van der Waals surface area contributed by atoms with Gasteiger partial charge in [-0.25, -0.2) is 0 Å². The standard InChI is InChI=1S/C17H20BrNO/c1-13(11-14-3-7-16(18)8-4-14)19-12-15-5-9-17(20-2)10-6-15/h3-10,13,19H,11-12H2,1-2H3. The maximum absolute atomic E-state index is 5.16. The average molecular weight is 334 g/mol. The van der Waals surface area contributed by atoms with E-state index in [4.69, 9.17) is 4.74 Å². The molecule has 0 saturated heterocycles. The van der Waals surface area contributed by atoms with Gasteiger partial charge < -0.3 is 10.1 Å². The van der Waals surface area contributed by atoms with Crippen molar-refractivity contribution in [1.82, 2.24) is 5.32 Å². The summed E-state index contributed by atoms with van der Waals surface area (Å²) in [4.78, 5) is 0. The fourth-order valence-corrected chi connectivity index (χ4v) is 2.35. The zero-order valence-electron chi connectivity index (χ0n) is 11.9. The van der Waals surface area contributed by atoms with E-state index in [1.54, 1.807) is 7.11 Å². The van der Waals surface area contributed by atoms with Gasteiger partial charge in [0, 0.05) is 17.1 Å². The molecular formula is C17H20BrNO. The second-order valence-electron chi connectivity index (χ2n) is 4.96. The number of hydrogen-bond acceptors (Lipinski definition) is 2. The molecule has 20 heavy (non-hydrogen) atoms. The first-order valence-electron chi connectivity index (χ1n) is 6.78. The maximum Gasteiger partial charge on any atom is 0.118 e. The third-order valence-corrected chi connectivity index (χ3v) is 3.80. The summed E-state index contributed by atoms with van der Waals surface area (Å²) in [5.74, 6) is 0.900. The smallest absolute Gasteiger partial charge is 0.118 e. The van der Waals surface area contributed by atoms with Crippen LogP contribution < -0.4 is 10.1 Å². The van der Waals surface area contributed by atoms with Crippen molar-refractivity contribution >= 4 is 15.9 Å². The summed E-state index contributed by atoms with van der Waals surface area (Å²) >= 11 is 3.46. The number of methoxy groups -OCH3 is 1. The highest BCUT2D eigenvalue weighted by Crippen LogP contribution is 2.13. The van der Waals surface area contributed by atoms with Crippen LogP contribution in [0.5, 0.6) is 5.75 Å². The van der Waals surface area contributed by atoms with Crippen molar-refractivity contribution in [2.75, 3.05) is 7.11 Å². The van der Waals surface area contributed by atoms with Crippen LogP contribution in [0.4, 0.5) is 0 Å². The molecule has 0 saturated carbocycles. The first kappa shape index (κ1) is 15.1. The topological polar surface area (TPSA) is 21.3 Å². The van der Waals surface area contributed by atoms with Gasteiger partial charge in [0.15, 0.2) is 0 Å². The molecule has 0 aromatic heterocycles. The summed E-state index contributed by atoms with van der Waals surface area (Å²) in [6.45, 7) is 3.09. The fourth-order valence-electron chi connectivity index (χ4n) is 2.08. The number of halogens is 1. The van der Waals surface area contributed by atoms with Crippen molar-refractivity contribution in [3.63, 3.8) is 0 Å². The molecule has 0 amide bonds. The first-order chi connectivity index (χ1) is 9.67. The van der Waals surface area contributed by atoms with Gasteiger partial charge in [0.1, 0.15) is 5.75 Å². The van der Waals surface area contributed by atoms with Crippen LogP contribution in [-0.2, 0) is 13.0 Å². The van der Waals surface area contributed by atoms with Crippen LogP contribution in [0.3, 0.4) is 0 Å². The molecule has 1 atom stereocenters. The van der Waals surface area contributed by atoms with E-state index in [9.17, 15) is 0 Å². The summed E-state index contributed by atoms with van der Waals surface area (Å²) in [6.07, 6.45) is 1.03. The maximum atomic E-state index is 5.16. The van der Waals surface area contributed by atoms with E-state index in [2.05, 4.69) is 64.6 Å². The Bertz CT molecular complexity index is 522. The molecule has 0 aliphatic rings. The van der Waals surface area contributed by atoms with Gasteiger partial charge in [-0.15, -0.1) is 0 Å². The van der Waals surface area contributed by atoms with Crippen LogP contribution >= 0.6 is 15.9 Å². The lowest BCUT2D eigenvalue weighted by Gasteiger charge is -2.14. The Morgan fingerprint density at radius 2 is 1.60 bits per heavy atom. The lowest BCUT2D eigenvalue weighted by Crippen LogP contribution is -2.27. The Morgan fingerprint density at radius 3 is 2.20 bits per heavy atom. The van der Waals surface area contributed by atoms with E-state index in [1.165, 1.54) is 11.1 Å². The molecule has 3 heteroatoms. The minimum atomic E-state index is 0.443. The molecule has 2 aromatic rings. The normalized spacial score (nSPS) is 12.2. The number of rotatable bonds is 6. The third kappa shape index (κ3) is 4.66. The molecule has 0 heterocycles. The quantitative estimate of drug-likeness (QED) is 0.856. The molecular weight excluding hydrogens is 314 g/mol. The number of benzene rings is 2. The average Bonchev–Trinajstić information content (AvgIpc) is 2.48. The van der Waals surface area contributed by atoms with Gasteiger partial charge in [-0.2, -0.15) is 0 Å². The zero-order chi connectivity index (χ0) is 14.4. The molecule has 1 unspecified atom stereocenters. The van der Waals surface area contributed by atoms with Crippen molar-refractivity contribution in [3.8, 4) is 5.75 Å².